The lowest BCUT2D eigenvalue weighted by atomic mass is 10.1. The van der Waals surface area contributed by atoms with Crippen LogP contribution in [0.2, 0.25) is 0 Å². The molecule has 0 amide bonds. The summed E-state index contributed by atoms with van der Waals surface area (Å²) in [5, 5.41) is 2.34. The average Bonchev–Trinajstić information content (AvgIpc) is 2.35. The Labute approximate surface area is 102 Å². The molecule has 2 aromatic rings. The Morgan fingerprint density at radius 2 is 1.76 bits per heavy atom. The Morgan fingerprint density at radius 1 is 1.06 bits per heavy atom. The van der Waals surface area contributed by atoms with Crippen molar-refractivity contribution in [3.63, 3.8) is 0 Å². The molecule has 0 aliphatic carbocycles. The summed E-state index contributed by atoms with van der Waals surface area (Å²) in [6, 6.07) is 14.4. The van der Waals surface area contributed by atoms with Gasteiger partial charge in [0.25, 0.3) is 0 Å². The molecule has 0 aromatic heterocycles. The highest BCUT2D eigenvalue weighted by atomic mass is 16.5. The zero-order valence-electron chi connectivity index (χ0n) is 10.4. The summed E-state index contributed by atoms with van der Waals surface area (Å²) in [6.07, 6.45) is 0. The van der Waals surface area contributed by atoms with Gasteiger partial charge in [0.15, 0.2) is 0 Å². The van der Waals surface area contributed by atoms with Gasteiger partial charge in [-0.15, -0.1) is 0 Å². The van der Waals surface area contributed by atoms with Gasteiger partial charge in [0.2, 0.25) is 0 Å². The zero-order chi connectivity index (χ0) is 12.3. The second-order valence-corrected chi connectivity index (χ2v) is 4.70. The summed E-state index contributed by atoms with van der Waals surface area (Å²) in [6.45, 7) is 4.78. The number of ether oxygens (including phenoxy) is 1. The van der Waals surface area contributed by atoms with Crippen LogP contribution < -0.4 is 10.5 Å². The van der Waals surface area contributed by atoms with E-state index in [1.54, 1.807) is 0 Å². The third-order valence-electron chi connectivity index (χ3n) is 3.04. The van der Waals surface area contributed by atoms with Gasteiger partial charge in [0.1, 0.15) is 12.4 Å². The van der Waals surface area contributed by atoms with Gasteiger partial charge in [0.05, 0.1) is 0 Å². The fourth-order valence-corrected chi connectivity index (χ4v) is 1.70. The molecule has 2 N–H and O–H groups in total. The lowest BCUT2D eigenvalue weighted by molar-refractivity contribution is 0.262. The molecule has 0 aliphatic heterocycles. The maximum absolute atomic E-state index is 5.98. The van der Waals surface area contributed by atoms with Crippen LogP contribution in [-0.2, 0) is 0 Å². The van der Waals surface area contributed by atoms with Crippen molar-refractivity contribution in [1.82, 2.24) is 0 Å². The summed E-state index contributed by atoms with van der Waals surface area (Å²) in [5.74, 6) is 1.35. The largest absolute Gasteiger partial charge is 0.491 e. The lowest BCUT2D eigenvalue weighted by Gasteiger charge is -2.17. The van der Waals surface area contributed by atoms with Crippen molar-refractivity contribution in [2.24, 2.45) is 11.7 Å². The summed E-state index contributed by atoms with van der Waals surface area (Å²) in [7, 11) is 0. The number of benzene rings is 2. The highest BCUT2D eigenvalue weighted by Crippen LogP contribution is 2.25. The molecule has 0 bridgehead atoms. The molecule has 2 heteroatoms. The van der Waals surface area contributed by atoms with E-state index in [0.717, 1.165) is 11.1 Å². The number of rotatable bonds is 4. The Kier molecular flexibility index (Phi) is 3.64. The number of hydrogen-bond acceptors (Lipinski definition) is 2. The Bertz CT molecular complexity index is 488. The standard InChI is InChI=1S/C15H19NO/c1-11(2)14(16)10-17-15-9-5-7-12-6-3-4-8-13(12)15/h3-9,11,14H,10,16H2,1-2H3/t14-/m0/s1. The molecular formula is C15H19NO. The Morgan fingerprint density at radius 3 is 2.53 bits per heavy atom. The molecule has 0 fully saturated rings. The van der Waals surface area contributed by atoms with Crippen molar-refractivity contribution in [3.8, 4) is 5.75 Å². The molecule has 1 atom stereocenters. The van der Waals surface area contributed by atoms with E-state index < -0.39 is 0 Å². The Balaban J connectivity index is 2.19. The maximum atomic E-state index is 5.98. The monoisotopic (exact) mass is 229 g/mol. The van der Waals surface area contributed by atoms with Gasteiger partial charge in [-0.1, -0.05) is 50.2 Å². The van der Waals surface area contributed by atoms with E-state index in [4.69, 9.17) is 10.5 Å². The van der Waals surface area contributed by atoms with Crippen molar-refractivity contribution in [2.45, 2.75) is 19.9 Å². The predicted octanol–water partition coefficient (Wildman–Crippen LogP) is 3.20. The summed E-state index contributed by atoms with van der Waals surface area (Å²) < 4.78 is 5.82. The minimum Gasteiger partial charge on any atom is -0.491 e. The number of nitrogens with two attached hydrogens (primary N) is 1. The van der Waals surface area contributed by atoms with Crippen LogP contribution in [0.4, 0.5) is 0 Å². The van der Waals surface area contributed by atoms with E-state index in [9.17, 15) is 0 Å². The van der Waals surface area contributed by atoms with E-state index in [1.165, 1.54) is 5.39 Å². The van der Waals surface area contributed by atoms with E-state index in [-0.39, 0.29) is 6.04 Å². The predicted molar refractivity (Wildman–Crippen MR) is 72.3 cm³/mol. The third-order valence-corrected chi connectivity index (χ3v) is 3.04. The van der Waals surface area contributed by atoms with Crippen LogP contribution in [0, 0.1) is 5.92 Å². The van der Waals surface area contributed by atoms with Crippen molar-refractivity contribution >= 4 is 10.8 Å². The molecule has 0 saturated carbocycles. The molecule has 0 saturated heterocycles. The molecule has 0 spiro atoms. The first-order valence-electron chi connectivity index (χ1n) is 6.04. The first-order chi connectivity index (χ1) is 8.18. The van der Waals surface area contributed by atoms with Gasteiger partial charge in [0, 0.05) is 11.4 Å². The van der Waals surface area contributed by atoms with Crippen LogP contribution in [0.5, 0.6) is 5.75 Å². The van der Waals surface area contributed by atoms with Crippen LogP contribution in [0.3, 0.4) is 0 Å². The molecule has 2 nitrogen and oxygen atoms in total. The minimum atomic E-state index is 0.0777. The van der Waals surface area contributed by atoms with Gasteiger partial charge in [-0.3, -0.25) is 0 Å². The zero-order valence-corrected chi connectivity index (χ0v) is 10.4. The third kappa shape index (κ3) is 2.77. The van der Waals surface area contributed by atoms with Crippen LogP contribution in [-0.4, -0.2) is 12.6 Å². The van der Waals surface area contributed by atoms with E-state index >= 15 is 0 Å². The van der Waals surface area contributed by atoms with Crippen LogP contribution in [0.1, 0.15) is 13.8 Å². The van der Waals surface area contributed by atoms with Crippen LogP contribution in [0.15, 0.2) is 42.5 Å². The number of hydrogen-bond donors (Lipinski definition) is 1. The molecule has 0 unspecified atom stereocenters. The normalized spacial score (nSPS) is 12.9. The summed E-state index contributed by atoms with van der Waals surface area (Å²) in [4.78, 5) is 0. The highest BCUT2D eigenvalue weighted by molar-refractivity contribution is 5.88. The van der Waals surface area contributed by atoms with Crippen molar-refractivity contribution in [3.05, 3.63) is 42.5 Å². The van der Waals surface area contributed by atoms with Gasteiger partial charge in [-0.05, 0) is 17.4 Å². The fourth-order valence-electron chi connectivity index (χ4n) is 1.70. The second-order valence-electron chi connectivity index (χ2n) is 4.70. The summed E-state index contributed by atoms with van der Waals surface area (Å²) in [5.41, 5.74) is 5.98. The molecular weight excluding hydrogens is 210 g/mol. The van der Waals surface area contributed by atoms with Gasteiger partial charge >= 0.3 is 0 Å². The topological polar surface area (TPSA) is 35.2 Å². The molecule has 0 radical (unpaired) electrons. The summed E-state index contributed by atoms with van der Waals surface area (Å²) >= 11 is 0. The molecule has 90 valence electrons. The molecule has 0 aliphatic rings. The first kappa shape index (κ1) is 11.9. The highest BCUT2D eigenvalue weighted by Gasteiger charge is 2.09. The van der Waals surface area contributed by atoms with E-state index in [0.29, 0.717) is 12.5 Å². The SMILES string of the molecule is CC(C)[C@@H](N)COc1cccc2ccccc12. The Hall–Kier alpha value is -1.54. The molecule has 2 aromatic carbocycles. The van der Waals surface area contributed by atoms with Gasteiger partial charge in [-0.2, -0.15) is 0 Å². The van der Waals surface area contributed by atoms with Crippen molar-refractivity contribution in [1.29, 1.82) is 0 Å². The van der Waals surface area contributed by atoms with Crippen molar-refractivity contribution < 1.29 is 4.74 Å². The van der Waals surface area contributed by atoms with Gasteiger partial charge < -0.3 is 10.5 Å². The van der Waals surface area contributed by atoms with E-state index in [1.807, 2.05) is 24.3 Å². The molecule has 0 heterocycles. The van der Waals surface area contributed by atoms with Crippen molar-refractivity contribution in [2.75, 3.05) is 6.61 Å². The van der Waals surface area contributed by atoms with E-state index in [2.05, 4.69) is 32.0 Å². The lowest BCUT2D eigenvalue weighted by Crippen LogP contribution is -2.33. The van der Waals surface area contributed by atoms with Crippen LogP contribution in [0.25, 0.3) is 10.8 Å². The minimum absolute atomic E-state index is 0.0777. The molecule has 17 heavy (non-hydrogen) atoms. The second kappa shape index (κ2) is 5.19. The quantitative estimate of drug-likeness (QED) is 0.873. The average molecular weight is 229 g/mol. The maximum Gasteiger partial charge on any atom is 0.127 e. The first-order valence-corrected chi connectivity index (χ1v) is 6.04. The van der Waals surface area contributed by atoms with Crippen LogP contribution >= 0.6 is 0 Å². The smallest absolute Gasteiger partial charge is 0.127 e. The van der Waals surface area contributed by atoms with Gasteiger partial charge in [-0.25, -0.2) is 0 Å². The fraction of sp³-hybridized carbons (Fsp3) is 0.333. The number of fused-ring (bicyclic) bond motifs is 1. The molecule has 2 rings (SSSR count).